The highest BCUT2D eigenvalue weighted by molar-refractivity contribution is 6.39. The number of ether oxygens (including phenoxy) is 1. The number of rotatable bonds is 3. The summed E-state index contributed by atoms with van der Waals surface area (Å²) in [5.74, 6) is -0.428. The van der Waals surface area contributed by atoms with Gasteiger partial charge in [0.1, 0.15) is 5.60 Å². The first kappa shape index (κ1) is 21.8. The van der Waals surface area contributed by atoms with Gasteiger partial charge in [-0.05, 0) is 56.5 Å². The van der Waals surface area contributed by atoms with Crippen molar-refractivity contribution in [2.75, 3.05) is 4.90 Å². The van der Waals surface area contributed by atoms with Crippen molar-refractivity contribution >= 4 is 34.0 Å². The molecule has 0 bridgehead atoms. The lowest BCUT2D eigenvalue weighted by atomic mass is 9.93. The Morgan fingerprint density at radius 1 is 1.00 bits per heavy atom. The summed E-state index contributed by atoms with van der Waals surface area (Å²) in [4.78, 5) is 27.2. The maximum absolute atomic E-state index is 13.3. The number of imide groups is 1. The van der Waals surface area contributed by atoms with Crippen LogP contribution in [0.15, 0.2) is 72.3 Å². The smallest absolute Gasteiger partial charge is 0.422 e. The molecule has 1 heterocycles. The summed E-state index contributed by atoms with van der Waals surface area (Å²) >= 11 is 0. The molecular weight excluding hydrogens is 402 g/mol. The second-order valence-corrected chi connectivity index (χ2v) is 9.08. The third-order valence-electron chi connectivity index (χ3n) is 5.52. The van der Waals surface area contributed by atoms with Gasteiger partial charge in [-0.15, -0.1) is 0 Å². The highest BCUT2D eigenvalue weighted by Crippen LogP contribution is 2.41. The highest BCUT2D eigenvalue weighted by atomic mass is 16.6. The number of para-hydroxylation sites is 1. The fraction of sp³-hybridized carbons (Fsp3) is 0.259. The molecule has 1 aliphatic heterocycles. The van der Waals surface area contributed by atoms with Gasteiger partial charge in [0, 0.05) is 11.1 Å². The first-order valence-electron chi connectivity index (χ1n) is 10.7. The molecule has 0 fully saturated rings. The largest absolute Gasteiger partial charge is 0.443 e. The van der Waals surface area contributed by atoms with Crippen molar-refractivity contribution in [1.29, 1.82) is 0 Å². The van der Waals surface area contributed by atoms with Gasteiger partial charge in [0.2, 0.25) is 0 Å². The quantitative estimate of drug-likeness (QED) is 0.517. The summed E-state index contributed by atoms with van der Waals surface area (Å²) in [5, 5.41) is 13.1. The lowest BCUT2D eigenvalue weighted by molar-refractivity contribution is -0.112. The monoisotopic (exact) mass is 429 g/mol. The topological polar surface area (TPSA) is 66.8 Å². The molecule has 1 atom stereocenters. The van der Waals surface area contributed by atoms with Crippen molar-refractivity contribution in [3.05, 3.63) is 83.4 Å². The van der Waals surface area contributed by atoms with Gasteiger partial charge in [0.15, 0.2) is 0 Å². The van der Waals surface area contributed by atoms with Crippen LogP contribution in [0.5, 0.6) is 0 Å². The molecule has 1 aliphatic rings. The number of anilines is 1. The lowest BCUT2D eigenvalue weighted by Crippen LogP contribution is -2.38. The minimum absolute atomic E-state index is 0.269. The number of benzene rings is 3. The molecule has 164 valence electrons. The standard InChI is InChI=1S/C27H27NO4/c1-17(16-23(29)20-14-9-11-18-10-5-6-12-19(18)20)24-21-13-7-8-15-22(21)28(25(24)30)26(31)32-27(2,3)4/h5-15,23,29H,16H2,1-4H3/b24-17-. The van der Waals surface area contributed by atoms with Crippen LogP contribution in [0.3, 0.4) is 0 Å². The van der Waals surface area contributed by atoms with Crippen LogP contribution >= 0.6 is 0 Å². The van der Waals surface area contributed by atoms with E-state index in [9.17, 15) is 14.7 Å². The Bertz CT molecular complexity index is 1230. The van der Waals surface area contributed by atoms with Crippen molar-refractivity contribution in [2.24, 2.45) is 0 Å². The van der Waals surface area contributed by atoms with Gasteiger partial charge < -0.3 is 9.84 Å². The number of aliphatic hydroxyl groups is 1. The van der Waals surface area contributed by atoms with E-state index in [1.807, 2.05) is 61.5 Å². The highest BCUT2D eigenvalue weighted by Gasteiger charge is 2.40. The third-order valence-corrected chi connectivity index (χ3v) is 5.52. The van der Waals surface area contributed by atoms with E-state index in [-0.39, 0.29) is 6.42 Å². The molecule has 0 aromatic heterocycles. The molecule has 5 heteroatoms. The number of hydrogen-bond acceptors (Lipinski definition) is 4. The van der Waals surface area contributed by atoms with Crippen LogP contribution in [0.25, 0.3) is 16.3 Å². The summed E-state index contributed by atoms with van der Waals surface area (Å²) in [7, 11) is 0. The van der Waals surface area contributed by atoms with Crippen molar-refractivity contribution in [3.63, 3.8) is 0 Å². The van der Waals surface area contributed by atoms with Crippen LogP contribution in [0, 0.1) is 0 Å². The van der Waals surface area contributed by atoms with E-state index in [4.69, 9.17) is 4.74 Å². The summed E-state index contributed by atoms with van der Waals surface area (Å²) in [6.45, 7) is 7.12. The average molecular weight is 430 g/mol. The Morgan fingerprint density at radius 2 is 1.66 bits per heavy atom. The molecule has 0 radical (unpaired) electrons. The number of aliphatic hydroxyl groups excluding tert-OH is 1. The Balaban J connectivity index is 1.71. The Morgan fingerprint density at radius 3 is 2.41 bits per heavy atom. The van der Waals surface area contributed by atoms with Gasteiger partial charge >= 0.3 is 6.09 Å². The molecular formula is C27H27NO4. The predicted octanol–water partition coefficient (Wildman–Crippen LogP) is 6.02. The minimum Gasteiger partial charge on any atom is -0.443 e. The molecule has 4 rings (SSSR count). The van der Waals surface area contributed by atoms with E-state index < -0.39 is 23.7 Å². The maximum Gasteiger partial charge on any atom is 0.422 e. The molecule has 32 heavy (non-hydrogen) atoms. The fourth-order valence-electron chi connectivity index (χ4n) is 4.16. The van der Waals surface area contributed by atoms with Crippen molar-refractivity contribution in [2.45, 2.75) is 45.8 Å². The Labute approximate surface area is 187 Å². The van der Waals surface area contributed by atoms with Crippen LogP contribution in [0.1, 0.15) is 51.3 Å². The van der Waals surface area contributed by atoms with Crippen LogP contribution in [0.2, 0.25) is 0 Å². The Hall–Kier alpha value is -3.44. The molecule has 0 saturated heterocycles. The van der Waals surface area contributed by atoms with Gasteiger partial charge in [-0.2, -0.15) is 0 Å². The van der Waals surface area contributed by atoms with E-state index >= 15 is 0 Å². The van der Waals surface area contributed by atoms with Crippen molar-refractivity contribution < 1.29 is 19.4 Å². The molecule has 2 amide bonds. The summed E-state index contributed by atoms with van der Waals surface area (Å²) in [6.07, 6.45) is -1.22. The Kier molecular flexibility index (Phi) is 5.61. The normalized spacial score (nSPS) is 16.2. The number of fused-ring (bicyclic) bond motifs is 2. The van der Waals surface area contributed by atoms with Crippen LogP contribution in [-0.2, 0) is 9.53 Å². The SMILES string of the molecule is C/C(CC(O)c1cccc2ccccc12)=C1/C(=O)N(C(=O)OC(C)(C)C)c2ccccc21. The van der Waals surface area contributed by atoms with Crippen LogP contribution in [-0.4, -0.2) is 22.7 Å². The third kappa shape index (κ3) is 4.04. The van der Waals surface area contributed by atoms with Gasteiger partial charge in [0.25, 0.3) is 5.91 Å². The zero-order valence-corrected chi connectivity index (χ0v) is 18.8. The maximum atomic E-state index is 13.3. The molecule has 1 N–H and O–H groups in total. The molecule has 0 saturated carbocycles. The number of carbonyl (C=O) groups is 2. The fourth-order valence-corrected chi connectivity index (χ4v) is 4.16. The molecule has 3 aromatic carbocycles. The second kappa shape index (κ2) is 8.24. The zero-order valence-electron chi connectivity index (χ0n) is 18.8. The minimum atomic E-state index is -0.788. The molecule has 0 aliphatic carbocycles. The first-order chi connectivity index (χ1) is 15.2. The van der Waals surface area contributed by atoms with E-state index in [0.717, 1.165) is 21.2 Å². The van der Waals surface area contributed by atoms with E-state index in [1.54, 1.807) is 32.9 Å². The van der Waals surface area contributed by atoms with Gasteiger partial charge in [-0.3, -0.25) is 4.79 Å². The average Bonchev–Trinajstić information content (AvgIpc) is 3.03. The first-order valence-corrected chi connectivity index (χ1v) is 10.7. The zero-order chi connectivity index (χ0) is 23.0. The number of carbonyl (C=O) groups excluding carboxylic acids is 2. The van der Waals surface area contributed by atoms with E-state index in [0.29, 0.717) is 22.4 Å². The van der Waals surface area contributed by atoms with E-state index in [2.05, 4.69) is 0 Å². The summed E-state index contributed by atoms with van der Waals surface area (Å²) < 4.78 is 5.47. The second-order valence-electron chi connectivity index (χ2n) is 9.08. The van der Waals surface area contributed by atoms with Gasteiger partial charge in [0.05, 0.1) is 11.8 Å². The van der Waals surface area contributed by atoms with Gasteiger partial charge in [-0.25, -0.2) is 9.69 Å². The molecule has 0 spiro atoms. The van der Waals surface area contributed by atoms with Crippen molar-refractivity contribution in [1.82, 2.24) is 0 Å². The van der Waals surface area contributed by atoms with Crippen LogP contribution < -0.4 is 4.90 Å². The summed E-state index contributed by atoms with van der Waals surface area (Å²) in [5.41, 5.74) is 2.41. The van der Waals surface area contributed by atoms with Crippen molar-refractivity contribution in [3.8, 4) is 0 Å². The number of hydrogen-bond donors (Lipinski definition) is 1. The van der Waals surface area contributed by atoms with Crippen LogP contribution in [0.4, 0.5) is 10.5 Å². The lowest BCUT2D eigenvalue weighted by Gasteiger charge is -2.23. The predicted molar refractivity (Wildman–Crippen MR) is 126 cm³/mol. The summed E-state index contributed by atoms with van der Waals surface area (Å²) in [6, 6.07) is 20.9. The number of amides is 2. The molecule has 1 unspecified atom stereocenters. The molecule has 3 aromatic rings. The van der Waals surface area contributed by atoms with Gasteiger partial charge in [-0.1, -0.05) is 66.2 Å². The molecule has 5 nitrogen and oxygen atoms in total. The van der Waals surface area contributed by atoms with E-state index in [1.165, 1.54) is 0 Å². The number of nitrogens with zero attached hydrogens (tertiary/aromatic N) is 1.